The van der Waals surface area contributed by atoms with Crippen molar-refractivity contribution < 1.29 is 8.42 Å². The summed E-state index contributed by atoms with van der Waals surface area (Å²) in [5.41, 5.74) is 0. The Balaban J connectivity index is 2.16. The van der Waals surface area contributed by atoms with Crippen molar-refractivity contribution in [3.05, 3.63) is 59.1 Å². The molecule has 114 valence electrons. The minimum atomic E-state index is -3.56. The third-order valence-corrected chi connectivity index (χ3v) is 7.63. The van der Waals surface area contributed by atoms with E-state index in [0.717, 1.165) is 14.6 Å². The van der Waals surface area contributed by atoms with Gasteiger partial charge >= 0.3 is 0 Å². The molecule has 0 radical (unpaired) electrons. The molecule has 0 spiro atoms. The molecule has 3 nitrogen and oxygen atoms in total. The molecule has 0 fully saturated rings. The van der Waals surface area contributed by atoms with Crippen LogP contribution in [0.2, 0.25) is 0 Å². The number of fused-ring (bicyclic) bond motifs is 1. The molecule has 0 unspecified atom stereocenters. The van der Waals surface area contributed by atoms with Crippen LogP contribution in [0.15, 0.2) is 64.0 Å². The monoisotopic (exact) mass is 395 g/mol. The second kappa shape index (κ2) is 6.02. The van der Waals surface area contributed by atoms with Gasteiger partial charge in [0.2, 0.25) is 0 Å². The molecule has 2 aromatic carbocycles. The third kappa shape index (κ3) is 2.55. The second-order valence-electron chi connectivity index (χ2n) is 4.70. The molecule has 3 aromatic rings. The fraction of sp³-hybridized carbons (Fsp3) is 0.125. The predicted octanol–water partition coefficient (Wildman–Crippen LogP) is 4.88. The summed E-state index contributed by atoms with van der Waals surface area (Å²) in [6.45, 7) is 2.22. The quantitative estimate of drug-likeness (QED) is 0.631. The van der Waals surface area contributed by atoms with Gasteiger partial charge in [-0.2, -0.15) is 0 Å². The Hall–Kier alpha value is -1.37. The van der Waals surface area contributed by atoms with Crippen LogP contribution in [0.1, 0.15) is 6.92 Å². The minimum absolute atomic E-state index is 0.307. The van der Waals surface area contributed by atoms with Gasteiger partial charge in [0, 0.05) is 16.6 Å². The number of anilines is 1. The summed E-state index contributed by atoms with van der Waals surface area (Å²) in [5, 5.41) is 1.75. The molecule has 1 aromatic heterocycles. The van der Waals surface area contributed by atoms with E-state index >= 15 is 0 Å². The summed E-state index contributed by atoms with van der Waals surface area (Å²) in [5.74, 6) is 0. The van der Waals surface area contributed by atoms with Crippen LogP contribution >= 0.6 is 27.3 Å². The van der Waals surface area contributed by atoms with Gasteiger partial charge in [0.15, 0.2) is 0 Å². The Kier molecular flexibility index (Phi) is 4.25. The SMILES string of the molecule is CCN(c1sc2ccccc2c1Br)S(=O)(=O)c1ccccc1. The molecule has 1 heterocycles. The van der Waals surface area contributed by atoms with Gasteiger partial charge in [-0.25, -0.2) is 8.42 Å². The Morgan fingerprint density at radius 1 is 1.05 bits per heavy atom. The standard InChI is InChI=1S/C16H14BrNO2S2/c1-2-18(22(19,20)12-8-4-3-5-9-12)16-15(17)13-10-6-7-11-14(13)21-16/h3-11H,2H2,1H3. The normalized spacial score (nSPS) is 11.7. The second-order valence-corrected chi connectivity index (χ2v) is 8.39. The van der Waals surface area contributed by atoms with Crippen LogP contribution in [0.25, 0.3) is 10.1 Å². The van der Waals surface area contributed by atoms with E-state index in [9.17, 15) is 8.42 Å². The number of sulfonamides is 1. The lowest BCUT2D eigenvalue weighted by molar-refractivity contribution is 0.592. The maximum atomic E-state index is 12.9. The highest BCUT2D eigenvalue weighted by atomic mass is 79.9. The molecule has 0 aliphatic heterocycles. The third-order valence-electron chi connectivity index (χ3n) is 3.36. The van der Waals surface area contributed by atoms with Gasteiger partial charge < -0.3 is 0 Å². The first-order chi connectivity index (χ1) is 10.6. The van der Waals surface area contributed by atoms with Crippen LogP contribution in [0, 0.1) is 0 Å². The van der Waals surface area contributed by atoms with E-state index < -0.39 is 10.0 Å². The van der Waals surface area contributed by atoms with Crippen LogP contribution in [-0.2, 0) is 10.0 Å². The van der Waals surface area contributed by atoms with Gasteiger partial charge in [-0.05, 0) is 41.1 Å². The number of benzene rings is 2. The van der Waals surface area contributed by atoms with Crippen LogP contribution in [-0.4, -0.2) is 15.0 Å². The van der Waals surface area contributed by atoms with E-state index in [2.05, 4.69) is 15.9 Å². The highest BCUT2D eigenvalue weighted by molar-refractivity contribution is 9.10. The smallest absolute Gasteiger partial charge is 0.256 e. The van der Waals surface area contributed by atoms with Gasteiger partial charge in [-0.15, -0.1) is 11.3 Å². The number of rotatable bonds is 4. The van der Waals surface area contributed by atoms with Gasteiger partial charge in [-0.1, -0.05) is 36.4 Å². The Morgan fingerprint density at radius 2 is 1.68 bits per heavy atom. The molecule has 0 atom stereocenters. The summed E-state index contributed by atoms with van der Waals surface area (Å²) in [4.78, 5) is 0.307. The van der Waals surface area contributed by atoms with Gasteiger partial charge in [0.05, 0.1) is 9.37 Å². The lowest BCUT2D eigenvalue weighted by atomic mass is 10.3. The van der Waals surface area contributed by atoms with Crippen LogP contribution in [0.3, 0.4) is 0 Å². The van der Waals surface area contributed by atoms with Crippen molar-refractivity contribution in [2.24, 2.45) is 0 Å². The lowest BCUT2D eigenvalue weighted by Crippen LogP contribution is -2.30. The molecule has 0 aliphatic carbocycles. The van der Waals surface area contributed by atoms with E-state index in [0.29, 0.717) is 16.4 Å². The van der Waals surface area contributed by atoms with E-state index in [4.69, 9.17) is 0 Å². The Morgan fingerprint density at radius 3 is 2.32 bits per heavy atom. The molecule has 3 rings (SSSR count). The summed E-state index contributed by atoms with van der Waals surface area (Å²) in [7, 11) is -3.56. The zero-order valence-corrected chi connectivity index (χ0v) is 15.1. The molecule has 0 amide bonds. The maximum absolute atomic E-state index is 12.9. The number of nitrogens with zero attached hydrogens (tertiary/aromatic N) is 1. The Bertz CT molecular complexity index is 904. The van der Waals surface area contributed by atoms with Gasteiger partial charge in [0.25, 0.3) is 10.0 Å². The largest absolute Gasteiger partial charge is 0.264 e. The molecule has 0 bridgehead atoms. The van der Waals surface area contributed by atoms with E-state index in [-0.39, 0.29) is 0 Å². The topological polar surface area (TPSA) is 37.4 Å². The summed E-state index contributed by atoms with van der Waals surface area (Å²) < 4.78 is 29.2. The number of hydrogen-bond donors (Lipinski definition) is 0. The minimum Gasteiger partial charge on any atom is -0.256 e. The van der Waals surface area contributed by atoms with Crippen LogP contribution in [0.4, 0.5) is 5.00 Å². The average molecular weight is 396 g/mol. The van der Waals surface area contributed by atoms with Crippen molar-refractivity contribution >= 4 is 52.4 Å². The van der Waals surface area contributed by atoms with Crippen molar-refractivity contribution in [2.75, 3.05) is 10.8 Å². The molecule has 6 heteroatoms. The van der Waals surface area contributed by atoms with Crippen LogP contribution < -0.4 is 4.31 Å². The molecule has 0 N–H and O–H groups in total. The summed E-state index contributed by atoms with van der Waals surface area (Å²) in [6, 6.07) is 16.4. The van der Waals surface area contributed by atoms with Crippen molar-refractivity contribution in [1.29, 1.82) is 0 Å². The van der Waals surface area contributed by atoms with Gasteiger partial charge in [0.1, 0.15) is 5.00 Å². The van der Waals surface area contributed by atoms with E-state index in [1.165, 1.54) is 15.6 Å². The van der Waals surface area contributed by atoms with Crippen molar-refractivity contribution in [2.45, 2.75) is 11.8 Å². The zero-order chi connectivity index (χ0) is 15.7. The first-order valence-corrected chi connectivity index (χ1v) is 9.85. The molecular formula is C16H14BrNO2S2. The highest BCUT2D eigenvalue weighted by Gasteiger charge is 2.27. The molecule has 0 saturated heterocycles. The number of halogens is 1. The molecule has 22 heavy (non-hydrogen) atoms. The van der Waals surface area contributed by atoms with Crippen molar-refractivity contribution in [1.82, 2.24) is 0 Å². The highest BCUT2D eigenvalue weighted by Crippen LogP contribution is 2.43. The number of hydrogen-bond acceptors (Lipinski definition) is 3. The number of thiophene rings is 1. The first kappa shape index (κ1) is 15.5. The maximum Gasteiger partial charge on any atom is 0.264 e. The van der Waals surface area contributed by atoms with Gasteiger partial charge in [-0.3, -0.25) is 4.31 Å². The molecule has 0 saturated carbocycles. The fourth-order valence-corrected chi connectivity index (χ4v) is 6.23. The first-order valence-electron chi connectivity index (χ1n) is 6.80. The average Bonchev–Trinajstić information content (AvgIpc) is 2.86. The van der Waals surface area contributed by atoms with E-state index in [1.54, 1.807) is 24.3 Å². The van der Waals surface area contributed by atoms with Crippen molar-refractivity contribution in [3.63, 3.8) is 0 Å². The summed E-state index contributed by atoms with van der Waals surface area (Å²) >= 11 is 5.04. The lowest BCUT2D eigenvalue weighted by Gasteiger charge is -2.21. The zero-order valence-electron chi connectivity index (χ0n) is 11.9. The van der Waals surface area contributed by atoms with Crippen molar-refractivity contribution in [3.8, 4) is 0 Å². The molecular weight excluding hydrogens is 382 g/mol. The van der Waals surface area contributed by atoms with E-state index in [1.807, 2.05) is 37.3 Å². The molecule has 0 aliphatic rings. The van der Waals surface area contributed by atoms with Crippen LogP contribution in [0.5, 0.6) is 0 Å². The summed E-state index contributed by atoms with van der Waals surface area (Å²) in [6.07, 6.45) is 0. The predicted molar refractivity (Wildman–Crippen MR) is 96.2 cm³/mol. The fourth-order valence-electron chi connectivity index (χ4n) is 2.30. The Labute approximate surface area is 142 Å².